The number of benzene rings is 1. The zero-order chi connectivity index (χ0) is 14.0. The Hall–Kier alpha value is -0.620. The molecular formula is C13H18ClNO3S. The first-order chi connectivity index (χ1) is 8.88. The summed E-state index contributed by atoms with van der Waals surface area (Å²) in [5.74, 6) is 0.00122. The molecule has 0 amide bonds. The average Bonchev–Trinajstić information content (AvgIpc) is 2.35. The predicted octanol–water partition coefficient (Wildman–Crippen LogP) is 2.28. The predicted molar refractivity (Wildman–Crippen MR) is 75.7 cm³/mol. The zero-order valence-electron chi connectivity index (χ0n) is 11.0. The van der Waals surface area contributed by atoms with Gasteiger partial charge in [0.25, 0.3) is 0 Å². The van der Waals surface area contributed by atoms with Crippen LogP contribution in [0.25, 0.3) is 0 Å². The Balaban J connectivity index is 2.15. The molecule has 6 heteroatoms. The second kappa shape index (κ2) is 5.79. The van der Waals surface area contributed by atoms with Crippen LogP contribution in [0.2, 0.25) is 5.02 Å². The van der Waals surface area contributed by atoms with Gasteiger partial charge in [0.2, 0.25) is 10.0 Å². The summed E-state index contributed by atoms with van der Waals surface area (Å²) >= 11 is 5.80. The van der Waals surface area contributed by atoms with E-state index < -0.39 is 10.0 Å². The summed E-state index contributed by atoms with van der Waals surface area (Å²) in [5.41, 5.74) is 0.746. The van der Waals surface area contributed by atoms with Gasteiger partial charge in [-0.05, 0) is 31.5 Å². The van der Waals surface area contributed by atoms with Crippen molar-refractivity contribution in [1.82, 2.24) is 4.31 Å². The molecule has 1 aliphatic rings. The Labute approximate surface area is 119 Å². The van der Waals surface area contributed by atoms with Crippen molar-refractivity contribution in [2.75, 3.05) is 13.2 Å². The van der Waals surface area contributed by atoms with Crippen LogP contribution in [-0.4, -0.2) is 38.0 Å². The van der Waals surface area contributed by atoms with Gasteiger partial charge in [0, 0.05) is 17.6 Å². The van der Waals surface area contributed by atoms with Crippen LogP contribution < -0.4 is 0 Å². The van der Waals surface area contributed by atoms with Gasteiger partial charge in [-0.25, -0.2) is 8.42 Å². The maximum absolute atomic E-state index is 12.4. The van der Waals surface area contributed by atoms with Crippen LogP contribution >= 0.6 is 11.6 Å². The Morgan fingerprint density at radius 2 is 1.95 bits per heavy atom. The van der Waals surface area contributed by atoms with Gasteiger partial charge in [-0.15, -0.1) is 0 Å². The standard InChI is InChI=1S/C13H18ClNO3S/c1-10-8-18-11(2)7-15(10)19(16,17)9-12-3-5-13(14)6-4-12/h3-6,10-11H,7-9H2,1-2H3. The Morgan fingerprint density at radius 1 is 1.32 bits per heavy atom. The quantitative estimate of drug-likeness (QED) is 0.860. The molecule has 2 unspecified atom stereocenters. The van der Waals surface area contributed by atoms with Gasteiger partial charge < -0.3 is 4.74 Å². The average molecular weight is 304 g/mol. The molecule has 1 aliphatic heterocycles. The molecule has 106 valence electrons. The van der Waals surface area contributed by atoms with Gasteiger partial charge in [0.15, 0.2) is 0 Å². The molecule has 0 bridgehead atoms. The number of morpholine rings is 1. The molecule has 0 spiro atoms. The van der Waals surface area contributed by atoms with Crippen LogP contribution in [0.5, 0.6) is 0 Å². The second-order valence-electron chi connectivity index (χ2n) is 4.95. The first-order valence-electron chi connectivity index (χ1n) is 6.24. The van der Waals surface area contributed by atoms with E-state index in [1.165, 1.54) is 4.31 Å². The molecule has 19 heavy (non-hydrogen) atoms. The first kappa shape index (κ1) is 14.8. The Kier molecular flexibility index (Phi) is 4.50. The summed E-state index contributed by atoms with van der Waals surface area (Å²) in [7, 11) is -3.32. The molecule has 0 aliphatic carbocycles. The number of halogens is 1. The van der Waals surface area contributed by atoms with Crippen molar-refractivity contribution in [3.8, 4) is 0 Å². The van der Waals surface area contributed by atoms with Crippen molar-refractivity contribution in [2.45, 2.75) is 31.7 Å². The van der Waals surface area contributed by atoms with Crippen molar-refractivity contribution in [1.29, 1.82) is 0 Å². The largest absolute Gasteiger partial charge is 0.375 e. The van der Waals surface area contributed by atoms with Crippen molar-refractivity contribution >= 4 is 21.6 Å². The number of rotatable bonds is 3. The molecule has 2 rings (SSSR count). The minimum Gasteiger partial charge on any atom is -0.375 e. The van der Waals surface area contributed by atoms with Gasteiger partial charge >= 0.3 is 0 Å². The summed E-state index contributed by atoms with van der Waals surface area (Å²) in [6, 6.07) is 6.78. The normalized spacial score (nSPS) is 25.4. The minimum absolute atomic E-state index is 0.00122. The molecule has 1 aromatic rings. The van der Waals surface area contributed by atoms with Crippen LogP contribution in [0.15, 0.2) is 24.3 Å². The molecule has 0 radical (unpaired) electrons. The van der Waals surface area contributed by atoms with Crippen molar-refractivity contribution in [3.05, 3.63) is 34.9 Å². The monoisotopic (exact) mass is 303 g/mol. The second-order valence-corrected chi connectivity index (χ2v) is 7.30. The van der Waals surface area contributed by atoms with Crippen LogP contribution in [0.1, 0.15) is 19.4 Å². The highest BCUT2D eigenvalue weighted by Gasteiger charge is 2.32. The Bertz CT molecular complexity index is 529. The van der Waals surface area contributed by atoms with Gasteiger partial charge in [-0.3, -0.25) is 0 Å². The van der Waals surface area contributed by atoms with Crippen LogP contribution in [0, 0.1) is 0 Å². The maximum Gasteiger partial charge on any atom is 0.218 e. The number of nitrogens with zero attached hydrogens (tertiary/aromatic N) is 1. The van der Waals surface area contributed by atoms with E-state index in [-0.39, 0.29) is 17.9 Å². The molecule has 1 heterocycles. The summed E-state index contributed by atoms with van der Waals surface area (Å²) in [5, 5.41) is 0.606. The van der Waals surface area contributed by atoms with Gasteiger partial charge in [-0.1, -0.05) is 23.7 Å². The van der Waals surface area contributed by atoms with Gasteiger partial charge in [0.05, 0.1) is 18.5 Å². The lowest BCUT2D eigenvalue weighted by Crippen LogP contribution is -2.50. The number of sulfonamides is 1. The van der Waals surface area contributed by atoms with E-state index in [0.29, 0.717) is 18.2 Å². The summed E-state index contributed by atoms with van der Waals surface area (Å²) < 4.78 is 31.9. The third-order valence-corrected chi connectivity index (χ3v) is 5.34. The fourth-order valence-corrected chi connectivity index (χ4v) is 4.09. The van der Waals surface area contributed by atoms with E-state index in [4.69, 9.17) is 16.3 Å². The smallest absolute Gasteiger partial charge is 0.218 e. The van der Waals surface area contributed by atoms with Crippen LogP contribution in [0.4, 0.5) is 0 Å². The molecule has 1 fully saturated rings. The third kappa shape index (κ3) is 3.69. The van der Waals surface area contributed by atoms with Gasteiger partial charge in [0.1, 0.15) is 0 Å². The summed E-state index contributed by atoms with van der Waals surface area (Å²) in [4.78, 5) is 0. The van der Waals surface area contributed by atoms with E-state index in [1.54, 1.807) is 24.3 Å². The van der Waals surface area contributed by atoms with E-state index >= 15 is 0 Å². The molecule has 0 N–H and O–H groups in total. The molecule has 4 nitrogen and oxygen atoms in total. The topological polar surface area (TPSA) is 46.6 Å². The lowest BCUT2D eigenvalue weighted by molar-refractivity contribution is -0.0171. The Morgan fingerprint density at radius 3 is 2.58 bits per heavy atom. The van der Waals surface area contributed by atoms with E-state index in [9.17, 15) is 8.42 Å². The molecule has 1 saturated heterocycles. The van der Waals surface area contributed by atoms with E-state index in [1.807, 2.05) is 13.8 Å². The lowest BCUT2D eigenvalue weighted by Gasteiger charge is -2.35. The third-order valence-electron chi connectivity index (χ3n) is 3.17. The molecule has 0 saturated carbocycles. The zero-order valence-corrected chi connectivity index (χ0v) is 12.6. The fraction of sp³-hybridized carbons (Fsp3) is 0.538. The number of hydrogen-bond acceptors (Lipinski definition) is 3. The first-order valence-corrected chi connectivity index (χ1v) is 8.23. The highest BCUT2D eigenvalue weighted by molar-refractivity contribution is 7.88. The maximum atomic E-state index is 12.4. The van der Waals surface area contributed by atoms with E-state index in [2.05, 4.69) is 0 Å². The fourth-order valence-electron chi connectivity index (χ4n) is 2.13. The SMILES string of the molecule is CC1CN(S(=O)(=O)Cc2ccc(Cl)cc2)C(C)CO1. The highest BCUT2D eigenvalue weighted by atomic mass is 35.5. The van der Waals surface area contributed by atoms with Crippen LogP contribution in [-0.2, 0) is 20.5 Å². The van der Waals surface area contributed by atoms with Crippen molar-refractivity contribution < 1.29 is 13.2 Å². The number of ether oxygens (including phenoxy) is 1. The molecule has 1 aromatic carbocycles. The van der Waals surface area contributed by atoms with E-state index in [0.717, 1.165) is 5.56 Å². The van der Waals surface area contributed by atoms with Gasteiger partial charge in [-0.2, -0.15) is 4.31 Å². The minimum atomic E-state index is -3.32. The highest BCUT2D eigenvalue weighted by Crippen LogP contribution is 2.20. The lowest BCUT2D eigenvalue weighted by atomic mass is 10.2. The summed E-state index contributed by atoms with van der Waals surface area (Å²) in [6.45, 7) is 4.61. The molecule has 2 atom stereocenters. The number of hydrogen-bond donors (Lipinski definition) is 0. The molecular weight excluding hydrogens is 286 g/mol. The van der Waals surface area contributed by atoms with Crippen LogP contribution in [0.3, 0.4) is 0 Å². The molecule has 0 aromatic heterocycles. The van der Waals surface area contributed by atoms with Crippen molar-refractivity contribution in [3.63, 3.8) is 0 Å². The summed E-state index contributed by atoms with van der Waals surface area (Å²) in [6.07, 6.45) is -0.0591. The van der Waals surface area contributed by atoms with Crippen molar-refractivity contribution in [2.24, 2.45) is 0 Å².